The zero-order chi connectivity index (χ0) is 19.5. The molecule has 0 aliphatic carbocycles. The number of carboxylic acids is 1. The summed E-state index contributed by atoms with van der Waals surface area (Å²) in [4.78, 5) is 21.8. The molecule has 2 N–H and O–H groups in total. The van der Waals surface area contributed by atoms with Gasteiger partial charge in [-0.25, -0.2) is 4.79 Å². The first-order valence-corrected chi connectivity index (χ1v) is 6.52. The minimum atomic E-state index is -6.01. The molecule has 140 valence electrons. The van der Waals surface area contributed by atoms with Crippen molar-refractivity contribution in [3.8, 4) is 0 Å². The van der Waals surface area contributed by atoms with Gasteiger partial charge in [0.1, 0.15) is 0 Å². The van der Waals surface area contributed by atoms with Gasteiger partial charge in [-0.1, -0.05) is 12.1 Å². The molecule has 0 unspecified atom stereocenters. The minimum Gasteiger partial charge on any atom is -0.545 e. The van der Waals surface area contributed by atoms with E-state index in [1.165, 1.54) is 6.92 Å². The standard InChI is InChI=1S/C13H12F6N2O4/c1-2-25-10(24)21-11(12(14,15)16,13(17,18)19)20-8-5-3-7(4-6-8)9(22)23/h3-6,20H,2H2,1H3,(H,21,24)(H,22,23)/p-1. The van der Waals surface area contributed by atoms with Crippen LogP contribution in [0.25, 0.3) is 0 Å². The number of alkyl halides is 6. The van der Waals surface area contributed by atoms with Gasteiger partial charge in [0.25, 0.3) is 0 Å². The lowest BCUT2D eigenvalue weighted by atomic mass is 10.1. The molecule has 0 bridgehead atoms. The smallest absolute Gasteiger partial charge is 0.439 e. The van der Waals surface area contributed by atoms with Gasteiger partial charge < -0.3 is 20.0 Å². The van der Waals surface area contributed by atoms with Gasteiger partial charge in [0, 0.05) is 5.69 Å². The SMILES string of the molecule is CCOC(=O)NC(Nc1ccc(C(=O)[O-])cc1)(C(F)(F)F)C(F)(F)F. The molecule has 12 heteroatoms. The largest absolute Gasteiger partial charge is 0.545 e. The molecule has 0 atom stereocenters. The van der Waals surface area contributed by atoms with Crippen LogP contribution < -0.4 is 15.7 Å². The third-order valence-corrected chi connectivity index (χ3v) is 2.87. The molecule has 0 radical (unpaired) electrons. The second-order valence-corrected chi connectivity index (χ2v) is 4.58. The number of ether oxygens (including phenoxy) is 1. The summed E-state index contributed by atoms with van der Waals surface area (Å²) >= 11 is 0. The van der Waals surface area contributed by atoms with Gasteiger partial charge in [-0.3, -0.25) is 5.32 Å². The molecular formula is C13H11F6N2O4-. The number of halogens is 6. The Morgan fingerprint density at radius 2 is 1.52 bits per heavy atom. The van der Waals surface area contributed by atoms with E-state index in [0.717, 1.165) is 22.8 Å². The summed E-state index contributed by atoms with van der Waals surface area (Å²) in [6, 6.07) is 2.79. The van der Waals surface area contributed by atoms with Crippen LogP contribution in [0.5, 0.6) is 0 Å². The molecule has 0 saturated carbocycles. The maximum absolute atomic E-state index is 13.2. The Morgan fingerprint density at radius 3 is 1.88 bits per heavy atom. The average molecular weight is 373 g/mol. The normalized spacial score (nSPS) is 12.4. The van der Waals surface area contributed by atoms with E-state index in [9.17, 15) is 41.0 Å². The number of hydrogen-bond donors (Lipinski definition) is 2. The number of rotatable bonds is 5. The van der Waals surface area contributed by atoms with Crippen LogP contribution in [0.4, 0.5) is 36.8 Å². The number of amides is 1. The minimum absolute atomic E-state index is 0.460. The highest BCUT2D eigenvalue weighted by Gasteiger charge is 2.73. The van der Waals surface area contributed by atoms with E-state index in [4.69, 9.17) is 0 Å². The van der Waals surface area contributed by atoms with Gasteiger partial charge in [0.15, 0.2) is 0 Å². The number of hydrogen-bond acceptors (Lipinski definition) is 5. The Bertz CT molecular complexity index is 613. The average Bonchev–Trinajstić information content (AvgIpc) is 2.44. The molecule has 1 amide bonds. The molecule has 0 fully saturated rings. The van der Waals surface area contributed by atoms with Gasteiger partial charge >= 0.3 is 24.1 Å². The highest BCUT2D eigenvalue weighted by Crippen LogP contribution is 2.43. The van der Waals surface area contributed by atoms with E-state index in [-0.39, 0.29) is 0 Å². The molecule has 0 saturated heterocycles. The topological polar surface area (TPSA) is 90.5 Å². The number of alkyl carbamates (subject to hydrolysis) is 1. The Balaban J connectivity index is 3.33. The van der Waals surface area contributed by atoms with Gasteiger partial charge in [-0.05, 0) is 24.6 Å². The van der Waals surface area contributed by atoms with Crippen molar-refractivity contribution < 1.29 is 45.8 Å². The highest BCUT2D eigenvalue weighted by molar-refractivity contribution is 5.86. The second kappa shape index (κ2) is 7.07. The van der Waals surface area contributed by atoms with Crippen LogP contribution in [0.2, 0.25) is 0 Å². The van der Waals surface area contributed by atoms with Crippen LogP contribution in [-0.4, -0.2) is 36.7 Å². The number of nitrogens with one attached hydrogen (secondary N) is 2. The highest BCUT2D eigenvalue weighted by atomic mass is 19.4. The Morgan fingerprint density at radius 1 is 1.04 bits per heavy atom. The second-order valence-electron chi connectivity index (χ2n) is 4.58. The fourth-order valence-corrected chi connectivity index (χ4v) is 1.70. The van der Waals surface area contributed by atoms with Crippen molar-refractivity contribution in [1.29, 1.82) is 0 Å². The number of carboxylic acid groups (broad SMARTS) is 1. The van der Waals surface area contributed by atoms with E-state index in [2.05, 4.69) is 4.74 Å². The van der Waals surface area contributed by atoms with Crippen LogP contribution >= 0.6 is 0 Å². The van der Waals surface area contributed by atoms with Crippen molar-refractivity contribution in [2.75, 3.05) is 11.9 Å². The van der Waals surface area contributed by atoms with Crippen molar-refractivity contribution >= 4 is 17.7 Å². The molecule has 0 aliphatic heterocycles. The Hall–Kier alpha value is -2.66. The summed E-state index contributed by atoms with van der Waals surface area (Å²) in [5, 5.41) is 12.5. The summed E-state index contributed by atoms with van der Waals surface area (Å²) in [6.45, 7) is 0.729. The zero-order valence-corrected chi connectivity index (χ0v) is 12.4. The van der Waals surface area contributed by atoms with Crippen molar-refractivity contribution in [3.63, 3.8) is 0 Å². The summed E-state index contributed by atoms with van der Waals surface area (Å²) in [6.07, 6.45) is -14.0. The summed E-state index contributed by atoms with van der Waals surface area (Å²) < 4.78 is 83.3. The maximum Gasteiger partial charge on any atom is 0.439 e. The van der Waals surface area contributed by atoms with Crippen LogP contribution in [0, 0.1) is 0 Å². The van der Waals surface area contributed by atoms with Crippen LogP contribution in [-0.2, 0) is 4.74 Å². The van der Waals surface area contributed by atoms with E-state index in [1.807, 2.05) is 0 Å². The first-order chi connectivity index (χ1) is 11.3. The van der Waals surface area contributed by atoms with Crippen LogP contribution in [0.15, 0.2) is 24.3 Å². The Kier molecular flexibility index (Phi) is 5.76. The van der Waals surface area contributed by atoms with Crippen LogP contribution in [0.3, 0.4) is 0 Å². The van der Waals surface area contributed by atoms with Gasteiger partial charge in [-0.15, -0.1) is 0 Å². The van der Waals surface area contributed by atoms with Crippen LogP contribution in [0.1, 0.15) is 17.3 Å². The van der Waals surface area contributed by atoms with Crippen molar-refractivity contribution in [2.24, 2.45) is 0 Å². The van der Waals surface area contributed by atoms with Gasteiger partial charge in [0.05, 0.1) is 12.6 Å². The fraction of sp³-hybridized carbons (Fsp3) is 0.385. The lowest BCUT2D eigenvalue weighted by molar-refractivity contribution is -0.294. The fourth-order valence-electron chi connectivity index (χ4n) is 1.70. The predicted molar refractivity (Wildman–Crippen MR) is 69.4 cm³/mol. The van der Waals surface area contributed by atoms with Gasteiger partial charge in [-0.2, -0.15) is 26.3 Å². The maximum atomic E-state index is 13.2. The predicted octanol–water partition coefficient (Wildman–Crippen LogP) is 2.03. The molecule has 1 rings (SSSR count). The molecule has 0 heterocycles. The number of anilines is 1. The van der Waals surface area contributed by atoms with E-state index in [0.29, 0.717) is 12.1 Å². The van der Waals surface area contributed by atoms with Crippen molar-refractivity contribution in [1.82, 2.24) is 5.32 Å². The summed E-state index contributed by atoms with van der Waals surface area (Å²) in [5.74, 6) is -1.67. The molecule has 0 spiro atoms. The molecule has 25 heavy (non-hydrogen) atoms. The molecule has 6 nitrogen and oxygen atoms in total. The number of carbonyl (C=O) groups excluding carboxylic acids is 2. The molecule has 0 aliphatic rings. The number of carbonyl (C=O) groups is 2. The lowest BCUT2D eigenvalue weighted by Gasteiger charge is -2.38. The third kappa shape index (κ3) is 4.45. The zero-order valence-electron chi connectivity index (χ0n) is 12.4. The summed E-state index contributed by atoms with van der Waals surface area (Å²) in [7, 11) is 0. The Labute approximate surface area is 136 Å². The quantitative estimate of drug-likeness (QED) is 0.609. The summed E-state index contributed by atoms with van der Waals surface area (Å²) in [5.41, 5.74) is -6.07. The monoisotopic (exact) mass is 373 g/mol. The van der Waals surface area contributed by atoms with Gasteiger partial charge in [0.2, 0.25) is 0 Å². The number of benzene rings is 1. The molecule has 1 aromatic rings. The van der Waals surface area contributed by atoms with Crippen molar-refractivity contribution in [3.05, 3.63) is 29.8 Å². The third-order valence-electron chi connectivity index (χ3n) is 2.87. The number of aromatic carboxylic acids is 1. The van der Waals surface area contributed by atoms with Crippen molar-refractivity contribution in [2.45, 2.75) is 24.9 Å². The molecule has 0 aromatic heterocycles. The first kappa shape index (κ1) is 20.4. The molecular weight excluding hydrogens is 362 g/mol. The van der Waals surface area contributed by atoms with E-state index >= 15 is 0 Å². The molecule has 1 aromatic carbocycles. The van der Waals surface area contributed by atoms with E-state index < -0.39 is 47.9 Å². The first-order valence-electron chi connectivity index (χ1n) is 6.52. The van der Waals surface area contributed by atoms with E-state index in [1.54, 1.807) is 0 Å². The lowest BCUT2D eigenvalue weighted by Crippen LogP contribution is -2.72.